The average molecular weight is 538 g/mol. The number of nitrogens with zero attached hydrogens (tertiary/aromatic N) is 3. The van der Waals surface area contributed by atoms with Crippen molar-refractivity contribution >= 4 is 41.8 Å². The third-order valence-electron chi connectivity index (χ3n) is 6.58. The van der Waals surface area contributed by atoms with E-state index in [9.17, 15) is 9.59 Å². The van der Waals surface area contributed by atoms with Crippen LogP contribution in [0.15, 0.2) is 41.4 Å². The normalized spacial score (nSPS) is 16.2. The molecule has 1 unspecified atom stereocenters. The first-order valence-corrected chi connectivity index (χ1v) is 13.3. The first-order valence-electron chi connectivity index (χ1n) is 13.3. The highest BCUT2D eigenvalue weighted by atomic mass is 19.1. The number of rotatable bonds is 11. The van der Waals surface area contributed by atoms with E-state index in [1.54, 1.807) is 43.5 Å². The molecule has 1 aliphatic rings. The summed E-state index contributed by atoms with van der Waals surface area (Å²) in [6, 6.07) is 10.1. The summed E-state index contributed by atoms with van der Waals surface area (Å²) in [4.78, 5) is 33.4. The zero-order valence-corrected chi connectivity index (χ0v) is 23.6. The van der Waals surface area contributed by atoms with Crippen LogP contribution in [0.4, 0.5) is 15.8 Å². The second-order valence-corrected chi connectivity index (χ2v) is 10.3. The minimum Gasteiger partial charge on any atom is -0.492 e. The highest BCUT2D eigenvalue weighted by molar-refractivity contribution is 6.03. The summed E-state index contributed by atoms with van der Waals surface area (Å²) in [6.45, 7) is 11.8. The van der Waals surface area contributed by atoms with E-state index in [1.807, 2.05) is 23.9 Å². The summed E-state index contributed by atoms with van der Waals surface area (Å²) in [5.41, 5.74) is 1.20. The molecule has 0 bridgehead atoms. The summed E-state index contributed by atoms with van der Waals surface area (Å²) < 4.78 is 20.8. The van der Waals surface area contributed by atoms with Crippen LogP contribution in [-0.2, 0) is 9.59 Å². The number of halogens is 1. The van der Waals surface area contributed by atoms with E-state index in [-0.39, 0.29) is 29.5 Å². The van der Waals surface area contributed by atoms with E-state index >= 15 is 4.39 Å². The first kappa shape index (κ1) is 29.8. The lowest BCUT2D eigenvalue weighted by molar-refractivity contribution is -0.135. The number of ether oxygens (including phenoxy) is 1. The van der Waals surface area contributed by atoms with Gasteiger partial charge in [0.1, 0.15) is 30.4 Å². The molecule has 1 aliphatic heterocycles. The Hall–Kier alpha value is -3.72. The summed E-state index contributed by atoms with van der Waals surface area (Å²) in [6.07, 6.45) is 3.33. The van der Waals surface area contributed by atoms with Crippen LogP contribution in [0.2, 0.25) is 0 Å². The van der Waals surface area contributed by atoms with Crippen LogP contribution in [0.25, 0.3) is 12.4 Å². The maximum Gasteiger partial charge on any atom is 0.233 e. The van der Waals surface area contributed by atoms with Crippen LogP contribution in [0.5, 0.6) is 5.75 Å². The van der Waals surface area contributed by atoms with Crippen molar-refractivity contribution in [3.63, 3.8) is 0 Å². The zero-order chi connectivity index (χ0) is 28.5. The van der Waals surface area contributed by atoms with Gasteiger partial charge in [-0.05, 0) is 75.3 Å². The Morgan fingerprint density at radius 2 is 1.87 bits per heavy atom. The molecular formula is C30H40FN5O3. The largest absolute Gasteiger partial charge is 0.492 e. The molecule has 39 heavy (non-hydrogen) atoms. The Morgan fingerprint density at radius 3 is 2.46 bits per heavy atom. The van der Waals surface area contributed by atoms with Gasteiger partial charge in [0, 0.05) is 42.8 Å². The molecule has 8 nitrogen and oxygen atoms in total. The van der Waals surface area contributed by atoms with Crippen molar-refractivity contribution < 1.29 is 18.7 Å². The van der Waals surface area contributed by atoms with E-state index in [0.29, 0.717) is 53.8 Å². The van der Waals surface area contributed by atoms with Crippen LogP contribution < -0.4 is 25.8 Å². The van der Waals surface area contributed by atoms with E-state index in [4.69, 9.17) is 4.74 Å². The molecule has 2 aromatic rings. The molecule has 0 radical (unpaired) electrons. The van der Waals surface area contributed by atoms with E-state index in [2.05, 4.69) is 36.1 Å². The average Bonchev–Trinajstić information content (AvgIpc) is 3.35. The van der Waals surface area contributed by atoms with Gasteiger partial charge in [-0.2, -0.15) is 0 Å². The smallest absolute Gasteiger partial charge is 0.233 e. The monoisotopic (exact) mass is 537 g/mol. The van der Waals surface area contributed by atoms with Crippen molar-refractivity contribution in [2.24, 2.45) is 10.9 Å². The number of carbonyl (C=O) groups is 2. The highest BCUT2D eigenvalue weighted by Gasteiger charge is 2.31. The molecule has 1 saturated heterocycles. The van der Waals surface area contributed by atoms with Gasteiger partial charge in [0.25, 0.3) is 0 Å². The Balaban J connectivity index is 1.69. The summed E-state index contributed by atoms with van der Waals surface area (Å²) >= 11 is 0. The minimum absolute atomic E-state index is 0.140. The van der Waals surface area contributed by atoms with Gasteiger partial charge in [-0.25, -0.2) is 9.38 Å². The maximum absolute atomic E-state index is 15.1. The van der Waals surface area contributed by atoms with Crippen molar-refractivity contribution in [3.05, 3.63) is 52.7 Å². The minimum atomic E-state index is -0.498. The van der Waals surface area contributed by atoms with Gasteiger partial charge < -0.3 is 25.2 Å². The fourth-order valence-corrected chi connectivity index (χ4v) is 4.63. The standard InChI is InChI=1S/C30H40FN5O3/c1-7-32-30(29-21(4)17-24(18-25(29)31)39-16-15-35(5)6)34-23-12-10-22(11-13-23)33-27(37)19-28(38)36-14-8-9-26(36)20(2)3/h7,10-13,17-18,20,26,34H,4,8-9,14-16,19H2,1-3,5-6H3,(H,33,37)/b30-29-,32-7-. The topological polar surface area (TPSA) is 86.3 Å². The highest BCUT2D eigenvalue weighted by Crippen LogP contribution is 2.24. The van der Waals surface area contributed by atoms with Crippen LogP contribution in [0.1, 0.15) is 40.0 Å². The molecule has 9 heteroatoms. The van der Waals surface area contributed by atoms with Crippen LogP contribution in [-0.4, -0.2) is 67.7 Å². The number of nitrogens with one attached hydrogen (secondary N) is 2. The van der Waals surface area contributed by atoms with Gasteiger partial charge >= 0.3 is 0 Å². The fraction of sp³-hybridized carbons (Fsp3) is 0.433. The number of carbonyl (C=O) groups excluding carboxylic acids is 2. The van der Waals surface area contributed by atoms with Gasteiger partial charge in [0.05, 0.1) is 5.22 Å². The summed E-state index contributed by atoms with van der Waals surface area (Å²) in [5, 5.41) is 6.61. The van der Waals surface area contributed by atoms with Crippen molar-refractivity contribution in [2.75, 3.05) is 44.4 Å². The molecule has 210 valence electrons. The number of likely N-dealkylation sites (tertiary alicyclic amines) is 1. The predicted molar refractivity (Wildman–Crippen MR) is 156 cm³/mol. The first-order chi connectivity index (χ1) is 18.6. The van der Waals surface area contributed by atoms with E-state index in [0.717, 1.165) is 12.8 Å². The fourth-order valence-electron chi connectivity index (χ4n) is 4.63. The van der Waals surface area contributed by atoms with Crippen LogP contribution in [0, 0.1) is 11.7 Å². The number of aliphatic imine (C=N–C) groups is 1. The van der Waals surface area contributed by atoms with Crippen molar-refractivity contribution in [1.29, 1.82) is 0 Å². The van der Waals surface area contributed by atoms with Gasteiger partial charge in [0.15, 0.2) is 0 Å². The Bertz CT molecular complexity index is 1290. The Morgan fingerprint density at radius 1 is 1.21 bits per heavy atom. The molecule has 1 fully saturated rings. The number of likely N-dealkylation sites (N-methyl/N-ethyl adjacent to an activating group) is 1. The summed E-state index contributed by atoms with van der Waals surface area (Å²) in [5.74, 6) is 0.0827. The lowest BCUT2D eigenvalue weighted by atomic mass is 10.0. The molecule has 0 aliphatic carbocycles. The Kier molecular flexibility index (Phi) is 10.6. The van der Waals surface area contributed by atoms with Gasteiger partial charge in [0.2, 0.25) is 11.8 Å². The molecule has 3 rings (SSSR count). The third kappa shape index (κ3) is 8.38. The number of hydrogen-bond acceptors (Lipinski definition) is 6. The molecule has 2 aromatic carbocycles. The summed E-state index contributed by atoms with van der Waals surface area (Å²) in [7, 11) is 3.88. The van der Waals surface area contributed by atoms with Crippen molar-refractivity contribution in [3.8, 4) is 5.75 Å². The maximum atomic E-state index is 15.1. The van der Waals surface area contributed by atoms with Gasteiger partial charge in [-0.15, -0.1) is 0 Å². The molecule has 0 spiro atoms. The van der Waals surface area contributed by atoms with Gasteiger partial charge in [-0.1, -0.05) is 20.4 Å². The SMILES string of the molecule is C=c1cc(OCCN(C)C)cc(F)/c1=C(/N=C\C)Nc1ccc(NC(=O)CC(=O)N2CCCC2C(C)C)cc1. The molecule has 2 amide bonds. The van der Waals surface area contributed by atoms with E-state index in [1.165, 1.54) is 6.07 Å². The lowest BCUT2D eigenvalue weighted by Crippen LogP contribution is -2.40. The number of hydrogen-bond donors (Lipinski definition) is 2. The second kappa shape index (κ2) is 13.9. The van der Waals surface area contributed by atoms with Crippen LogP contribution >= 0.6 is 0 Å². The molecule has 1 heterocycles. The van der Waals surface area contributed by atoms with E-state index < -0.39 is 5.82 Å². The van der Waals surface area contributed by atoms with Gasteiger partial charge in [-0.3, -0.25) is 9.59 Å². The molecule has 0 aromatic heterocycles. The zero-order valence-electron chi connectivity index (χ0n) is 23.6. The Labute approximate surface area is 230 Å². The van der Waals surface area contributed by atoms with Crippen molar-refractivity contribution in [2.45, 2.75) is 46.1 Å². The molecular weight excluding hydrogens is 497 g/mol. The quantitative estimate of drug-likeness (QED) is 0.339. The predicted octanol–water partition coefficient (Wildman–Crippen LogP) is 3.42. The number of benzene rings is 2. The number of amides is 2. The molecule has 2 N–H and O–H groups in total. The van der Waals surface area contributed by atoms with Crippen molar-refractivity contribution in [1.82, 2.24) is 9.80 Å². The number of anilines is 2. The lowest BCUT2D eigenvalue weighted by Gasteiger charge is -2.27. The third-order valence-corrected chi connectivity index (χ3v) is 6.58. The molecule has 0 saturated carbocycles. The second-order valence-electron chi connectivity index (χ2n) is 10.3. The van der Waals surface area contributed by atoms with Crippen LogP contribution in [0.3, 0.4) is 0 Å². The molecule has 1 atom stereocenters.